The van der Waals surface area contributed by atoms with Gasteiger partial charge in [0.1, 0.15) is 0 Å². The van der Waals surface area contributed by atoms with Crippen molar-refractivity contribution < 1.29 is 0 Å². The maximum absolute atomic E-state index is 2.37. The van der Waals surface area contributed by atoms with Crippen molar-refractivity contribution in [3.05, 3.63) is 29.8 Å². The molecule has 68 valence electrons. The van der Waals surface area contributed by atoms with E-state index in [4.69, 9.17) is 0 Å². The van der Waals surface area contributed by atoms with Gasteiger partial charge in [0.25, 0.3) is 0 Å². The Kier molecular flexibility index (Phi) is 1.96. The Morgan fingerprint density at radius 1 is 1.08 bits per heavy atom. The average molecular weight is 237 g/mol. The summed E-state index contributed by atoms with van der Waals surface area (Å²) in [4.78, 5) is 1.05. The molecule has 1 heteroatoms. The van der Waals surface area contributed by atoms with Crippen molar-refractivity contribution >= 4 is 19.4 Å². The van der Waals surface area contributed by atoms with Crippen LogP contribution in [0.2, 0.25) is 4.82 Å². The van der Waals surface area contributed by atoms with Crippen LogP contribution in [0.1, 0.15) is 37.2 Å². The summed E-state index contributed by atoms with van der Waals surface area (Å²) in [7, 11) is 0. The molecule has 0 saturated heterocycles. The van der Waals surface area contributed by atoms with Crippen LogP contribution in [0.5, 0.6) is 0 Å². The molecule has 2 unspecified atom stereocenters. The van der Waals surface area contributed by atoms with Crippen molar-refractivity contribution in [2.45, 2.75) is 36.4 Å². The minimum absolute atomic E-state index is 0.793. The molecule has 1 fully saturated rings. The molecule has 1 saturated carbocycles. The average Bonchev–Trinajstić information content (AvgIpc) is 2.56. The quantitative estimate of drug-likeness (QED) is 0.608. The number of fused-ring (bicyclic) bond motifs is 3. The molecule has 0 bridgehead atoms. The zero-order valence-corrected chi connectivity index (χ0v) is 9.41. The molecule has 3 rings (SSSR count). The second kappa shape index (κ2) is 3.15. The molecule has 1 aromatic rings. The second-order valence-electron chi connectivity index (χ2n) is 4.09. The third-order valence-electron chi connectivity index (χ3n) is 3.30. The summed E-state index contributed by atoms with van der Waals surface area (Å²) in [6, 6.07) is 9.14. The van der Waals surface area contributed by atoms with Crippen molar-refractivity contribution in [3.8, 4) is 0 Å². The Labute approximate surface area is 85.9 Å². The van der Waals surface area contributed by atoms with Gasteiger partial charge < -0.3 is 0 Å². The molecule has 2 atom stereocenters. The number of hydrogen-bond acceptors (Lipinski definition) is 0. The van der Waals surface area contributed by atoms with Crippen LogP contribution in [0.15, 0.2) is 24.3 Å². The molecular weight excluding hydrogens is 223 g/mol. The summed E-state index contributed by atoms with van der Waals surface area (Å²) in [6.45, 7) is 0. The summed E-state index contributed by atoms with van der Waals surface area (Å²) in [5, 5.41) is 0. The van der Waals surface area contributed by atoms with Crippen molar-refractivity contribution in [2.24, 2.45) is 0 Å². The summed E-state index contributed by atoms with van der Waals surface area (Å²) in [5.74, 6) is 0.949. The summed E-state index contributed by atoms with van der Waals surface area (Å²) >= 11 is 0.793. The molecule has 1 heterocycles. The minimum atomic E-state index is 0.793. The van der Waals surface area contributed by atoms with E-state index in [1.807, 2.05) is 0 Å². The number of hydrogen-bond donors (Lipinski definition) is 0. The monoisotopic (exact) mass is 238 g/mol. The molecule has 0 radical (unpaired) electrons. The van der Waals surface area contributed by atoms with E-state index in [-0.39, 0.29) is 0 Å². The van der Waals surface area contributed by atoms with E-state index < -0.39 is 0 Å². The Hall–Kier alpha value is -0.261. The first-order valence-corrected chi connectivity index (χ1v) is 7.05. The van der Waals surface area contributed by atoms with E-state index in [0.717, 1.165) is 25.7 Å². The van der Waals surface area contributed by atoms with E-state index in [2.05, 4.69) is 24.3 Å². The van der Waals surface area contributed by atoms with E-state index in [1.165, 1.54) is 25.7 Å². The topological polar surface area (TPSA) is 0 Å². The van der Waals surface area contributed by atoms with Gasteiger partial charge in [0.05, 0.1) is 0 Å². The molecule has 0 amide bonds. The predicted octanol–water partition coefficient (Wildman–Crippen LogP) is 2.48. The van der Waals surface area contributed by atoms with Gasteiger partial charge in [0.2, 0.25) is 0 Å². The van der Waals surface area contributed by atoms with Crippen molar-refractivity contribution in [3.63, 3.8) is 0 Å². The van der Waals surface area contributed by atoms with Gasteiger partial charge >= 0.3 is 85.7 Å². The maximum atomic E-state index is 2.37. The normalized spacial score (nSPS) is 31.1. The van der Waals surface area contributed by atoms with Crippen LogP contribution in [-0.2, 0) is 0 Å². The third-order valence-corrected chi connectivity index (χ3v) is 6.43. The molecule has 0 nitrogen and oxygen atoms in total. The van der Waals surface area contributed by atoms with Gasteiger partial charge in [0, 0.05) is 0 Å². The van der Waals surface area contributed by atoms with E-state index in [1.54, 1.807) is 10.0 Å². The fourth-order valence-corrected chi connectivity index (χ4v) is 5.95. The first-order chi connectivity index (χ1) is 6.45. The van der Waals surface area contributed by atoms with E-state index in [0.29, 0.717) is 0 Å². The van der Waals surface area contributed by atoms with Gasteiger partial charge in [-0.1, -0.05) is 0 Å². The third kappa shape index (κ3) is 1.26. The predicted molar refractivity (Wildman–Crippen MR) is 56.8 cm³/mol. The van der Waals surface area contributed by atoms with Crippen molar-refractivity contribution in [2.75, 3.05) is 0 Å². The van der Waals surface area contributed by atoms with Crippen LogP contribution in [0.4, 0.5) is 0 Å². The van der Waals surface area contributed by atoms with E-state index in [9.17, 15) is 0 Å². The van der Waals surface area contributed by atoms with Gasteiger partial charge in [-0.3, -0.25) is 0 Å². The van der Waals surface area contributed by atoms with Crippen LogP contribution in [0, 0.1) is 0 Å². The fourth-order valence-electron chi connectivity index (χ4n) is 2.65. The zero-order valence-electron chi connectivity index (χ0n) is 7.70. The SMILES string of the molecule is c1ccc2c(c1)[Se]C1CCCCC21. The molecule has 0 N–H and O–H groups in total. The van der Waals surface area contributed by atoms with Crippen LogP contribution in [-0.4, -0.2) is 15.0 Å². The second-order valence-corrected chi connectivity index (χ2v) is 6.77. The molecule has 1 aromatic carbocycles. The van der Waals surface area contributed by atoms with Gasteiger partial charge in [-0.05, 0) is 0 Å². The van der Waals surface area contributed by atoms with Crippen molar-refractivity contribution in [1.29, 1.82) is 0 Å². The first kappa shape index (κ1) is 8.08. The molecular formula is C12H14Se. The van der Waals surface area contributed by atoms with Gasteiger partial charge in [-0.25, -0.2) is 0 Å². The molecule has 1 aliphatic carbocycles. The Balaban J connectivity index is 2.01. The Morgan fingerprint density at radius 3 is 2.92 bits per heavy atom. The molecule has 0 aromatic heterocycles. The van der Waals surface area contributed by atoms with Gasteiger partial charge in [0.15, 0.2) is 0 Å². The fraction of sp³-hybridized carbons (Fsp3) is 0.500. The Morgan fingerprint density at radius 2 is 1.92 bits per heavy atom. The Bertz CT molecular complexity index is 319. The number of benzene rings is 1. The molecule has 1 aliphatic heterocycles. The van der Waals surface area contributed by atoms with Crippen LogP contribution >= 0.6 is 0 Å². The van der Waals surface area contributed by atoms with Gasteiger partial charge in [-0.15, -0.1) is 0 Å². The summed E-state index contributed by atoms with van der Waals surface area (Å²) in [5.41, 5.74) is 1.70. The first-order valence-electron chi connectivity index (χ1n) is 5.21. The van der Waals surface area contributed by atoms with Crippen molar-refractivity contribution in [1.82, 2.24) is 0 Å². The van der Waals surface area contributed by atoms with Crippen LogP contribution in [0.3, 0.4) is 0 Å². The molecule has 13 heavy (non-hydrogen) atoms. The van der Waals surface area contributed by atoms with Crippen LogP contribution < -0.4 is 4.46 Å². The zero-order chi connectivity index (χ0) is 8.67. The molecule has 0 spiro atoms. The standard InChI is InChI=1S/C12H14Se/c1-3-7-11-9(5-1)10-6-2-4-8-12(10)13-11/h1,3,5,7,10,12H,2,4,6,8H2. The molecule has 2 aliphatic rings. The number of rotatable bonds is 0. The van der Waals surface area contributed by atoms with Crippen LogP contribution in [0.25, 0.3) is 0 Å². The summed E-state index contributed by atoms with van der Waals surface area (Å²) < 4.78 is 1.70. The van der Waals surface area contributed by atoms with E-state index >= 15 is 0 Å². The van der Waals surface area contributed by atoms with Gasteiger partial charge in [-0.2, -0.15) is 0 Å². The summed E-state index contributed by atoms with van der Waals surface area (Å²) in [6.07, 6.45) is 5.91.